The molecule has 0 aliphatic carbocycles. The molecule has 5 heteroatoms. The summed E-state index contributed by atoms with van der Waals surface area (Å²) in [4.78, 5) is 11.6. The van der Waals surface area contributed by atoms with E-state index >= 15 is 0 Å². The van der Waals surface area contributed by atoms with Crippen LogP contribution in [-0.4, -0.2) is 11.1 Å². The van der Waals surface area contributed by atoms with Crippen LogP contribution in [0.1, 0.15) is 5.56 Å². The van der Waals surface area contributed by atoms with Crippen LogP contribution in [0.5, 0.6) is 5.75 Å². The maximum Gasteiger partial charge on any atom is 0.319 e. The standard InChI is InChI=1S/C14H13FN2O2/c15-11-7-4-8-12(18)13(11)17-14(19)16-9-10-5-2-1-3-6-10/h1-8,18H,9H2,(H2,16,17,19). The zero-order chi connectivity index (χ0) is 13.7. The summed E-state index contributed by atoms with van der Waals surface area (Å²) in [6.45, 7) is 0.321. The Kier molecular flexibility index (Phi) is 3.97. The highest BCUT2D eigenvalue weighted by atomic mass is 19.1. The van der Waals surface area contributed by atoms with E-state index in [9.17, 15) is 14.3 Å². The third kappa shape index (κ3) is 3.45. The molecule has 0 aliphatic heterocycles. The van der Waals surface area contributed by atoms with Crippen molar-refractivity contribution in [2.75, 3.05) is 5.32 Å². The largest absolute Gasteiger partial charge is 0.506 e. The van der Waals surface area contributed by atoms with Gasteiger partial charge in [-0.05, 0) is 17.7 Å². The van der Waals surface area contributed by atoms with Crippen molar-refractivity contribution in [3.05, 3.63) is 59.9 Å². The molecule has 0 spiro atoms. The molecule has 0 aromatic heterocycles. The van der Waals surface area contributed by atoms with E-state index in [0.29, 0.717) is 6.54 Å². The van der Waals surface area contributed by atoms with E-state index < -0.39 is 11.8 Å². The van der Waals surface area contributed by atoms with Gasteiger partial charge in [0.2, 0.25) is 0 Å². The van der Waals surface area contributed by atoms with Crippen molar-refractivity contribution in [2.45, 2.75) is 6.54 Å². The van der Waals surface area contributed by atoms with Crippen LogP contribution >= 0.6 is 0 Å². The second kappa shape index (κ2) is 5.86. The van der Waals surface area contributed by atoms with E-state index in [-0.39, 0.29) is 11.4 Å². The summed E-state index contributed by atoms with van der Waals surface area (Å²) in [5.41, 5.74) is 0.698. The number of carbonyl (C=O) groups is 1. The Labute approximate surface area is 109 Å². The van der Waals surface area contributed by atoms with Gasteiger partial charge in [0, 0.05) is 6.54 Å². The SMILES string of the molecule is O=C(NCc1ccccc1)Nc1c(O)cccc1F. The number of carbonyl (C=O) groups excluding carboxylic acids is 1. The van der Waals surface area contributed by atoms with Gasteiger partial charge < -0.3 is 15.7 Å². The van der Waals surface area contributed by atoms with Crippen LogP contribution in [0.2, 0.25) is 0 Å². The fourth-order valence-electron chi connectivity index (χ4n) is 1.57. The Bertz CT molecular complexity index is 553. The first-order chi connectivity index (χ1) is 9.16. The van der Waals surface area contributed by atoms with Gasteiger partial charge in [0.15, 0.2) is 5.82 Å². The Morgan fingerprint density at radius 3 is 2.53 bits per heavy atom. The predicted molar refractivity (Wildman–Crippen MR) is 70.4 cm³/mol. The predicted octanol–water partition coefficient (Wildman–Crippen LogP) is 2.85. The van der Waals surface area contributed by atoms with Crippen LogP contribution in [0.15, 0.2) is 48.5 Å². The lowest BCUT2D eigenvalue weighted by Gasteiger charge is -2.09. The highest BCUT2D eigenvalue weighted by Crippen LogP contribution is 2.25. The molecule has 0 saturated heterocycles. The van der Waals surface area contributed by atoms with Crippen molar-refractivity contribution in [1.29, 1.82) is 0 Å². The van der Waals surface area contributed by atoms with Crippen LogP contribution < -0.4 is 10.6 Å². The number of phenolic OH excluding ortho intramolecular Hbond substituents is 1. The van der Waals surface area contributed by atoms with Crippen LogP contribution in [0.25, 0.3) is 0 Å². The summed E-state index contributed by atoms with van der Waals surface area (Å²) in [7, 11) is 0. The number of hydrogen-bond acceptors (Lipinski definition) is 2. The first-order valence-corrected chi connectivity index (χ1v) is 5.73. The van der Waals surface area contributed by atoms with E-state index in [1.807, 2.05) is 30.3 Å². The molecule has 2 aromatic rings. The van der Waals surface area contributed by atoms with Crippen LogP contribution in [0.4, 0.5) is 14.9 Å². The molecule has 0 fully saturated rings. The molecule has 4 nitrogen and oxygen atoms in total. The molecule has 19 heavy (non-hydrogen) atoms. The van der Waals surface area contributed by atoms with Crippen LogP contribution in [0.3, 0.4) is 0 Å². The molecule has 2 amide bonds. The summed E-state index contributed by atoms with van der Waals surface area (Å²) in [6, 6.07) is 12.6. The quantitative estimate of drug-likeness (QED) is 0.743. The molecule has 0 atom stereocenters. The highest BCUT2D eigenvalue weighted by Gasteiger charge is 2.10. The average molecular weight is 260 g/mol. The Hall–Kier alpha value is -2.56. The molecule has 0 heterocycles. The molecule has 98 valence electrons. The molecule has 0 aliphatic rings. The molecule has 3 N–H and O–H groups in total. The number of benzene rings is 2. The molecule has 2 aromatic carbocycles. The third-order valence-corrected chi connectivity index (χ3v) is 2.53. The number of hydrogen-bond donors (Lipinski definition) is 3. The monoisotopic (exact) mass is 260 g/mol. The second-order valence-electron chi connectivity index (χ2n) is 3.93. The summed E-state index contributed by atoms with van der Waals surface area (Å²) in [5.74, 6) is -0.996. The maximum absolute atomic E-state index is 13.4. The minimum atomic E-state index is -0.685. The number of halogens is 1. The lowest BCUT2D eigenvalue weighted by Crippen LogP contribution is -2.28. The number of aromatic hydroxyl groups is 1. The molecule has 0 unspecified atom stereocenters. The summed E-state index contributed by atoms with van der Waals surface area (Å²) < 4.78 is 13.4. The lowest BCUT2D eigenvalue weighted by atomic mass is 10.2. The first-order valence-electron chi connectivity index (χ1n) is 5.73. The number of rotatable bonds is 3. The van der Waals surface area contributed by atoms with Crippen molar-refractivity contribution in [3.8, 4) is 5.75 Å². The van der Waals surface area contributed by atoms with Crippen LogP contribution in [-0.2, 0) is 6.54 Å². The fraction of sp³-hybridized carbons (Fsp3) is 0.0714. The van der Waals surface area contributed by atoms with E-state index in [1.165, 1.54) is 12.1 Å². The number of anilines is 1. The number of urea groups is 1. The van der Waals surface area contributed by atoms with Gasteiger partial charge in [0.05, 0.1) is 0 Å². The summed E-state index contributed by atoms with van der Waals surface area (Å²) >= 11 is 0. The van der Waals surface area contributed by atoms with Gasteiger partial charge in [-0.2, -0.15) is 0 Å². The van der Waals surface area contributed by atoms with E-state index in [0.717, 1.165) is 11.6 Å². The normalized spacial score (nSPS) is 9.95. The molecule has 2 rings (SSSR count). The van der Waals surface area contributed by atoms with Gasteiger partial charge >= 0.3 is 6.03 Å². The fourth-order valence-corrected chi connectivity index (χ4v) is 1.57. The third-order valence-electron chi connectivity index (χ3n) is 2.53. The van der Waals surface area contributed by atoms with Gasteiger partial charge in [-0.15, -0.1) is 0 Å². The van der Waals surface area contributed by atoms with Crippen LogP contribution in [0, 0.1) is 5.82 Å². The average Bonchev–Trinajstić information content (AvgIpc) is 2.42. The summed E-state index contributed by atoms with van der Waals surface area (Å²) in [6.07, 6.45) is 0. The minimum Gasteiger partial charge on any atom is -0.506 e. The van der Waals surface area contributed by atoms with Crippen molar-refractivity contribution < 1.29 is 14.3 Å². The molecular weight excluding hydrogens is 247 g/mol. The van der Waals surface area contributed by atoms with Gasteiger partial charge in [-0.3, -0.25) is 0 Å². The van der Waals surface area contributed by atoms with E-state index in [4.69, 9.17) is 0 Å². The summed E-state index contributed by atoms with van der Waals surface area (Å²) in [5, 5.41) is 14.3. The Morgan fingerprint density at radius 1 is 1.11 bits per heavy atom. The lowest BCUT2D eigenvalue weighted by molar-refractivity contribution is 0.251. The number of amides is 2. The molecule has 0 bridgehead atoms. The Balaban J connectivity index is 1.95. The first kappa shape index (κ1) is 12.9. The van der Waals surface area contributed by atoms with Gasteiger partial charge in [-0.1, -0.05) is 36.4 Å². The van der Waals surface area contributed by atoms with Crippen molar-refractivity contribution in [3.63, 3.8) is 0 Å². The smallest absolute Gasteiger partial charge is 0.319 e. The number of phenols is 1. The molecular formula is C14H13FN2O2. The maximum atomic E-state index is 13.4. The van der Waals surface area contributed by atoms with Crippen molar-refractivity contribution in [2.24, 2.45) is 0 Å². The van der Waals surface area contributed by atoms with E-state index in [1.54, 1.807) is 0 Å². The van der Waals surface area contributed by atoms with E-state index in [2.05, 4.69) is 10.6 Å². The van der Waals surface area contributed by atoms with Crippen molar-refractivity contribution >= 4 is 11.7 Å². The van der Waals surface area contributed by atoms with Crippen molar-refractivity contribution in [1.82, 2.24) is 5.32 Å². The molecule has 0 saturated carbocycles. The zero-order valence-electron chi connectivity index (χ0n) is 10.1. The highest BCUT2D eigenvalue weighted by molar-refractivity contribution is 5.90. The number of para-hydroxylation sites is 1. The molecule has 0 radical (unpaired) electrons. The minimum absolute atomic E-state index is 0.229. The Morgan fingerprint density at radius 2 is 1.84 bits per heavy atom. The van der Waals surface area contributed by atoms with Gasteiger partial charge in [-0.25, -0.2) is 9.18 Å². The zero-order valence-corrected chi connectivity index (χ0v) is 10.1. The second-order valence-corrected chi connectivity index (χ2v) is 3.93. The van der Waals surface area contributed by atoms with Gasteiger partial charge in [0.25, 0.3) is 0 Å². The number of nitrogens with one attached hydrogen (secondary N) is 2. The van der Waals surface area contributed by atoms with Gasteiger partial charge in [0.1, 0.15) is 11.4 Å². The topological polar surface area (TPSA) is 61.4 Å².